The van der Waals surface area contributed by atoms with E-state index in [2.05, 4.69) is 34.2 Å². The summed E-state index contributed by atoms with van der Waals surface area (Å²) in [5, 5.41) is 2.98. The van der Waals surface area contributed by atoms with E-state index in [0.29, 0.717) is 11.4 Å². The average molecular weight is 340 g/mol. The lowest BCUT2D eigenvalue weighted by atomic mass is 10.1. The normalized spacial score (nSPS) is 15.8. The summed E-state index contributed by atoms with van der Waals surface area (Å²) >= 11 is 3.65. The third-order valence-electron chi connectivity index (χ3n) is 3.45. The number of carbonyl (C=O) groups is 1. The molecule has 0 aromatic heterocycles. The molecule has 1 atom stereocenters. The summed E-state index contributed by atoms with van der Waals surface area (Å²) in [4.78, 5) is 12.3. The lowest BCUT2D eigenvalue weighted by Gasteiger charge is -2.14. The first kappa shape index (κ1) is 15.4. The lowest BCUT2D eigenvalue weighted by molar-refractivity contribution is -0.117. The Kier molecular flexibility index (Phi) is 5.46. The van der Waals surface area contributed by atoms with Crippen molar-refractivity contribution in [2.24, 2.45) is 5.92 Å². The molecule has 1 fully saturated rings. The van der Waals surface area contributed by atoms with Gasteiger partial charge in [0.15, 0.2) is 0 Å². The largest absolute Gasteiger partial charge is 0.492 e. The summed E-state index contributed by atoms with van der Waals surface area (Å²) in [6, 6.07) is 6.06. The minimum Gasteiger partial charge on any atom is -0.492 e. The predicted octanol–water partition coefficient (Wildman–Crippen LogP) is 4.15. The maximum Gasteiger partial charge on any atom is 0.227 e. The molecule has 0 bridgehead atoms. The first-order chi connectivity index (χ1) is 9.63. The highest BCUT2D eigenvalue weighted by atomic mass is 79.9. The van der Waals surface area contributed by atoms with E-state index in [9.17, 15) is 4.79 Å². The molecule has 1 unspecified atom stereocenters. The van der Waals surface area contributed by atoms with Gasteiger partial charge in [0, 0.05) is 10.7 Å². The van der Waals surface area contributed by atoms with Crippen molar-refractivity contribution in [2.75, 3.05) is 11.9 Å². The fourth-order valence-corrected chi connectivity index (χ4v) is 2.43. The van der Waals surface area contributed by atoms with Crippen LogP contribution in [0.25, 0.3) is 0 Å². The van der Waals surface area contributed by atoms with Crippen LogP contribution in [-0.4, -0.2) is 17.3 Å². The second-order valence-corrected chi connectivity index (χ2v) is 6.53. The topological polar surface area (TPSA) is 38.3 Å². The van der Waals surface area contributed by atoms with Crippen molar-refractivity contribution in [1.82, 2.24) is 0 Å². The van der Waals surface area contributed by atoms with Crippen molar-refractivity contribution in [3.8, 4) is 5.75 Å². The molecule has 2 rings (SSSR count). The first-order valence-corrected chi connectivity index (χ1v) is 8.26. The van der Waals surface area contributed by atoms with Crippen LogP contribution in [0.15, 0.2) is 18.2 Å². The van der Waals surface area contributed by atoms with Crippen LogP contribution in [0.1, 0.15) is 38.7 Å². The standard InChI is InChI=1S/C16H22BrNO2/c1-3-13(17)9-11-5-8-14(15(10-11)20-4-2)18-16(19)12-6-7-12/h5,8,10,12-13H,3-4,6-7,9H2,1-2H3,(H,18,19). The molecular formula is C16H22BrNO2. The molecule has 0 saturated heterocycles. The monoisotopic (exact) mass is 339 g/mol. The zero-order valence-corrected chi connectivity index (χ0v) is 13.7. The number of carbonyl (C=O) groups excluding carboxylic acids is 1. The van der Waals surface area contributed by atoms with Gasteiger partial charge in [-0.15, -0.1) is 0 Å². The zero-order chi connectivity index (χ0) is 14.5. The Labute approximate surface area is 129 Å². The van der Waals surface area contributed by atoms with Crippen molar-refractivity contribution in [3.05, 3.63) is 23.8 Å². The molecular weight excluding hydrogens is 318 g/mol. The zero-order valence-electron chi connectivity index (χ0n) is 12.1. The fourth-order valence-electron chi connectivity index (χ4n) is 2.05. The van der Waals surface area contributed by atoms with Crippen molar-refractivity contribution < 1.29 is 9.53 Å². The van der Waals surface area contributed by atoms with Gasteiger partial charge in [-0.3, -0.25) is 4.79 Å². The van der Waals surface area contributed by atoms with Crippen LogP contribution in [0.5, 0.6) is 5.75 Å². The second kappa shape index (κ2) is 7.11. The Bertz CT molecular complexity index is 472. The van der Waals surface area contributed by atoms with Gasteiger partial charge in [-0.05, 0) is 50.3 Å². The minimum atomic E-state index is 0.116. The number of amides is 1. The summed E-state index contributed by atoms with van der Waals surface area (Å²) in [5.41, 5.74) is 2.01. The number of benzene rings is 1. The molecule has 0 aliphatic heterocycles. The number of halogens is 1. The number of anilines is 1. The number of hydrogen-bond acceptors (Lipinski definition) is 2. The van der Waals surface area contributed by atoms with Gasteiger partial charge in [-0.25, -0.2) is 0 Å². The van der Waals surface area contributed by atoms with Crippen LogP contribution in [0.3, 0.4) is 0 Å². The molecule has 1 amide bonds. The molecule has 1 aliphatic rings. The molecule has 0 radical (unpaired) electrons. The Hall–Kier alpha value is -1.03. The van der Waals surface area contributed by atoms with Crippen molar-refractivity contribution in [2.45, 2.75) is 44.4 Å². The Morgan fingerprint density at radius 1 is 1.45 bits per heavy atom. The van der Waals surface area contributed by atoms with Crippen LogP contribution < -0.4 is 10.1 Å². The van der Waals surface area contributed by atoms with E-state index in [1.165, 1.54) is 5.56 Å². The van der Waals surface area contributed by atoms with E-state index in [-0.39, 0.29) is 11.8 Å². The highest BCUT2D eigenvalue weighted by Crippen LogP contribution is 2.33. The molecule has 1 aromatic rings. The van der Waals surface area contributed by atoms with Crippen LogP contribution in [0.2, 0.25) is 0 Å². The van der Waals surface area contributed by atoms with Crippen LogP contribution in [0, 0.1) is 5.92 Å². The van der Waals surface area contributed by atoms with E-state index in [1.54, 1.807) is 0 Å². The third kappa shape index (κ3) is 4.23. The Morgan fingerprint density at radius 3 is 2.80 bits per heavy atom. The van der Waals surface area contributed by atoms with Gasteiger partial charge < -0.3 is 10.1 Å². The van der Waals surface area contributed by atoms with E-state index in [4.69, 9.17) is 4.74 Å². The maximum atomic E-state index is 11.9. The van der Waals surface area contributed by atoms with Gasteiger partial charge in [-0.1, -0.05) is 28.9 Å². The summed E-state index contributed by atoms with van der Waals surface area (Å²) in [7, 11) is 0. The van der Waals surface area contributed by atoms with E-state index >= 15 is 0 Å². The van der Waals surface area contributed by atoms with Crippen LogP contribution >= 0.6 is 15.9 Å². The number of rotatable bonds is 7. The summed E-state index contributed by atoms with van der Waals surface area (Å²) in [5.74, 6) is 1.09. The Morgan fingerprint density at radius 2 is 2.20 bits per heavy atom. The van der Waals surface area contributed by atoms with E-state index in [0.717, 1.165) is 37.1 Å². The quantitative estimate of drug-likeness (QED) is 0.758. The van der Waals surface area contributed by atoms with Gasteiger partial charge in [0.25, 0.3) is 0 Å². The summed E-state index contributed by atoms with van der Waals surface area (Å²) < 4.78 is 5.66. The van der Waals surface area contributed by atoms with E-state index < -0.39 is 0 Å². The van der Waals surface area contributed by atoms with Crippen molar-refractivity contribution in [1.29, 1.82) is 0 Å². The number of ether oxygens (including phenoxy) is 1. The Balaban J connectivity index is 2.11. The lowest BCUT2D eigenvalue weighted by Crippen LogP contribution is -2.14. The molecule has 4 heteroatoms. The minimum absolute atomic E-state index is 0.116. The SMILES string of the molecule is CCOc1cc(CC(Br)CC)ccc1NC(=O)C1CC1. The maximum absolute atomic E-state index is 11.9. The highest BCUT2D eigenvalue weighted by Gasteiger charge is 2.30. The van der Waals surface area contributed by atoms with Crippen LogP contribution in [0.4, 0.5) is 5.69 Å². The predicted molar refractivity (Wildman–Crippen MR) is 85.7 cm³/mol. The first-order valence-electron chi connectivity index (χ1n) is 7.34. The number of alkyl halides is 1. The molecule has 110 valence electrons. The molecule has 0 heterocycles. The average Bonchev–Trinajstić information content (AvgIpc) is 3.26. The van der Waals surface area contributed by atoms with Gasteiger partial charge in [0.05, 0.1) is 12.3 Å². The number of nitrogens with one attached hydrogen (secondary N) is 1. The van der Waals surface area contributed by atoms with Gasteiger partial charge in [0.2, 0.25) is 5.91 Å². The highest BCUT2D eigenvalue weighted by molar-refractivity contribution is 9.09. The second-order valence-electron chi connectivity index (χ2n) is 5.24. The van der Waals surface area contributed by atoms with Gasteiger partial charge in [0.1, 0.15) is 5.75 Å². The molecule has 0 spiro atoms. The van der Waals surface area contributed by atoms with Crippen molar-refractivity contribution >= 4 is 27.5 Å². The molecule has 1 aromatic carbocycles. The van der Waals surface area contributed by atoms with Gasteiger partial charge in [-0.2, -0.15) is 0 Å². The van der Waals surface area contributed by atoms with Gasteiger partial charge >= 0.3 is 0 Å². The molecule has 3 nitrogen and oxygen atoms in total. The number of hydrogen-bond donors (Lipinski definition) is 1. The summed E-state index contributed by atoms with van der Waals surface area (Å²) in [6.45, 7) is 4.72. The van der Waals surface area contributed by atoms with E-state index in [1.807, 2.05) is 19.1 Å². The summed E-state index contributed by atoms with van der Waals surface area (Å²) in [6.07, 6.45) is 4.07. The molecule has 1 saturated carbocycles. The van der Waals surface area contributed by atoms with Crippen molar-refractivity contribution in [3.63, 3.8) is 0 Å². The fraction of sp³-hybridized carbons (Fsp3) is 0.562. The molecule has 1 aliphatic carbocycles. The third-order valence-corrected chi connectivity index (χ3v) is 4.42. The molecule has 1 N–H and O–H groups in total. The van der Waals surface area contributed by atoms with Crippen LogP contribution in [-0.2, 0) is 11.2 Å². The molecule has 20 heavy (non-hydrogen) atoms. The smallest absolute Gasteiger partial charge is 0.227 e.